The third-order valence-corrected chi connectivity index (χ3v) is 6.33. The number of non-ortho nitro benzene ring substituents is 1. The van der Waals surface area contributed by atoms with Crippen molar-refractivity contribution >= 4 is 51.2 Å². The van der Waals surface area contributed by atoms with Crippen LogP contribution in [-0.2, 0) is 17.9 Å². The lowest BCUT2D eigenvalue weighted by Gasteiger charge is -2.14. The molecule has 0 bridgehead atoms. The van der Waals surface area contributed by atoms with E-state index in [4.69, 9.17) is 21.1 Å². The van der Waals surface area contributed by atoms with Crippen LogP contribution in [0.1, 0.15) is 23.6 Å². The van der Waals surface area contributed by atoms with Crippen LogP contribution in [0.4, 0.5) is 10.5 Å². The number of nitrogens with zero attached hydrogens (tertiary/aromatic N) is 2. The Morgan fingerprint density at radius 1 is 1.05 bits per heavy atom. The zero-order valence-corrected chi connectivity index (χ0v) is 21.9. The van der Waals surface area contributed by atoms with Crippen LogP contribution in [-0.4, -0.2) is 28.4 Å². The Bertz CT molecular complexity index is 1390. The molecular weight excluding hydrogens is 566 g/mol. The molecule has 1 N–H and O–H groups in total. The topological polar surface area (TPSA) is 111 Å². The Labute approximate surface area is 225 Å². The van der Waals surface area contributed by atoms with E-state index in [-0.39, 0.29) is 24.5 Å². The number of carbonyl (C=O) groups is 2. The highest BCUT2D eigenvalue weighted by Crippen LogP contribution is 2.36. The molecular formula is C26H21BrClN3O6. The highest BCUT2D eigenvalue weighted by molar-refractivity contribution is 9.10. The van der Waals surface area contributed by atoms with E-state index in [1.165, 1.54) is 12.1 Å². The molecule has 4 rings (SSSR count). The molecule has 1 saturated heterocycles. The van der Waals surface area contributed by atoms with Gasteiger partial charge in [0.25, 0.3) is 11.6 Å². The molecule has 0 spiro atoms. The summed E-state index contributed by atoms with van der Waals surface area (Å²) < 4.78 is 12.2. The molecule has 3 aromatic carbocycles. The molecule has 0 aromatic heterocycles. The number of benzene rings is 3. The number of hydrogen-bond acceptors (Lipinski definition) is 6. The maximum absolute atomic E-state index is 12.9. The van der Waals surface area contributed by atoms with Crippen molar-refractivity contribution in [1.82, 2.24) is 10.2 Å². The summed E-state index contributed by atoms with van der Waals surface area (Å²) in [5, 5.41) is 14.2. The second kappa shape index (κ2) is 11.4. The highest BCUT2D eigenvalue weighted by Gasteiger charge is 2.33. The second-order valence-corrected chi connectivity index (χ2v) is 9.27. The maximum atomic E-state index is 12.9. The Hall–Kier alpha value is -3.89. The molecule has 1 aliphatic rings. The van der Waals surface area contributed by atoms with E-state index >= 15 is 0 Å². The minimum atomic E-state index is -0.524. The third kappa shape index (κ3) is 6.28. The van der Waals surface area contributed by atoms with Gasteiger partial charge in [0.15, 0.2) is 11.5 Å². The van der Waals surface area contributed by atoms with Crippen molar-refractivity contribution in [2.45, 2.75) is 20.1 Å². The van der Waals surface area contributed by atoms with Gasteiger partial charge in [0.1, 0.15) is 12.3 Å². The summed E-state index contributed by atoms with van der Waals surface area (Å²) in [6.07, 6.45) is 1.55. The molecule has 37 heavy (non-hydrogen) atoms. The van der Waals surface area contributed by atoms with Crippen LogP contribution in [0.2, 0.25) is 5.02 Å². The van der Waals surface area contributed by atoms with E-state index in [9.17, 15) is 19.7 Å². The lowest BCUT2D eigenvalue weighted by molar-refractivity contribution is -0.384. The highest BCUT2D eigenvalue weighted by atomic mass is 79.9. The van der Waals surface area contributed by atoms with Gasteiger partial charge in [-0.3, -0.25) is 19.8 Å². The van der Waals surface area contributed by atoms with Crippen LogP contribution in [0.3, 0.4) is 0 Å². The number of nitro benzene ring substituents is 1. The number of imide groups is 1. The van der Waals surface area contributed by atoms with Crippen molar-refractivity contribution in [3.05, 3.63) is 103 Å². The molecule has 11 heteroatoms. The fraction of sp³-hybridized carbons (Fsp3) is 0.154. The van der Waals surface area contributed by atoms with Crippen molar-refractivity contribution in [3.63, 3.8) is 0 Å². The number of rotatable bonds is 9. The van der Waals surface area contributed by atoms with E-state index in [0.717, 1.165) is 10.5 Å². The summed E-state index contributed by atoms with van der Waals surface area (Å²) in [5.74, 6) is 0.363. The van der Waals surface area contributed by atoms with E-state index in [1.54, 1.807) is 54.6 Å². The molecule has 0 unspecified atom stereocenters. The first kappa shape index (κ1) is 26.2. The van der Waals surface area contributed by atoms with Crippen LogP contribution in [0.15, 0.2) is 70.8 Å². The van der Waals surface area contributed by atoms with Crippen molar-refractivity contribution in [3.8, 4) is 11.5 Å². The van der Waals surface area contributed by atoms with Crippen LogP contribution < -0.4 is 14.8 Å². The Kier molecular flexibility index (Phi) is 8.10. The summed E-state index contributed by atoms with van der Waals surface area (Å²) in [5.41, 5.74) is 2.07. The van der Waals surface area contributed by atoms with E-state index < -0.39 is 16.9 Å². The third-order valence-electron chi connectivity index (χ3n) is 5.39. The van der Waals surface area contributed by atoms with E-state index in [0.29, 0.717) is 38.7 Å². The average molecular weight is 587 g/mol. The van der Waals surface area contributed by atoms with Crippen molar-refractivity contribution in [2.24, 2.45) is 0 Å². The Morgan fingerprint density at radius 2 is 1.78 bits per heavy atom. The van der Waals surface area contributed by atoms with Crippen LogP contribution in [0.25, 0.3) is 6.08 Å². The smallest absolute Gasteiger partial charge is 0.329 e. The fourth-order valence-electron chi connectivity index (χ4n) is 3.61. The largest absolute Gasteiger partial charge is 0.490 e. The van der Waals surface area contributed by atoms with Crippen LogP contribution in [0, 0.1) is 10.1 Å². The minimum Gasteiger partial charge on any atom is -0.490 e. The molecule has 0 radical (unpaired) electrons. The standard InChI is InChI=1S/C26H21BrClN3O6/c1-2-36-23-12-18(21(27)13-24(23)37-15-17-4-3-5-20(10-17)31(34)35)11-22-25(32)30(26(33)29-22)14-16-6-8-19(28)9-7-16/h3-13H,2,14-15H2,1H3,(H,29,33)/b22-11-. The lowest BCUT2D eigenvalue weighted by atomic mass is 10.1. The monoisotopic (exact) mass is 585 g/mol. The molecule has 9 nitrogen and oxygen atoms in total. The predicted octanol–water partition coefficient (Wildman–Crippen LogP) is 6.08. The summed E-state index contributed by atoms with van der Waals surface area (Å²) in [4.78, 5) is 37.1. The zero-order valence-electron chi connectivity index (χ0n) is 19.6. The van der Waals surface area contributed by atoms with Gasteiger partial charge < -0.3 is 14.8 Å². The lowest BCUT2D eigenvalue weighted by Crippen LogP contribution is -2.30. The molecule has 3 aromatic rings. The van der Waals surface area contributed by atoms with Crippen molar-refractivity contribution < 1.29 is 24.0 Å². The average Bonchev–Trinajstić information content (AvgIpc) is 3.13. The van der Waals surface area contributed by atoms with E-state index in [1.807, 2.05) is 6.92 Å². The first-order valence-electron chi connectivity index (χ1n) is 11.2. The molecule has 1 aliphatic heterocycles. The molecule has 0 atom stereocenters. The number of carbonyl (C=O) groups excluding carboxylic acids is 2. The first-order chi connectivity index (χ1) is 17.7. The van der Waals surface area contributed by atoms with Gasteiger partial charge in [-0.15, -0.1) is 0 Å². The quantitative estimate of drug-likeness (QED) is 0.141. The normalized spacial score (nSPS) is 14.1. The van der Waals surface area contributed by atoms with Crippen molar-refractivity contribution in [2.75, 3.05) is 6.61 Å². The van der Waals surface area contributed by atoms with E-state index in [2.05, 4.69) is 21.2 Å². The van der Waals surface area contributed by atoms with Gasteiger partial charge in [-0.2, -0.15) is 0 Å². The van der Waals surface area contributed by atoms with Gasteiger partial charge in [0, 0.05) is 21.6 Å². The van der Waals surface area contributed by atoms with Gasteiger partial charge in [-0.1, -0.05) is 51.8 Å². The number of hydrogen-bond donors (Lipinski definition) is 1. The maximum Gasteiger partial charge on any atom is 0.329 e. The first-order valence-corrected chi connectivity index (χ1v) is 12.3. The van der Waals surface area contributed by atoms with Gasteiger partial charge in [0.2, 0.25) is 0 Å². The summed E-state index contributed by atoms with van der Waals surface area (Å²) in [7, 11) is 0. The SMILES string of the molecule is CCOc1cc(/C=C2\NC(=O)N(Cc3ccc(Cl)cc3)C2=O)c(Br)cc1OCc1cccc([N+](=O)[O-])c1. The Balaban J connectivity index is 1.54. The molecule has 1 heterocycles. The summed E-state index contributed by atoms with van der Waals surface area (Å²) in [6.45, 7) is 2.37. The second-order valence-electron chi connectivity index (χ2n) is 7.98. The molecule has 0 saturated carbocycles. The minimum absolute atomic E-state index is 0.0253. The van der Waals surface area contributed by atoms with Crippen LogP contribution >= 0.6 is 27.5 Å². The molecule has 3 amide bonds. The number of ether oxygens (including phenoxy) is 2. The van der Waals surface area contributed by atoms with Gasteiger partial charge in [-0.05, 0) is 54.0 Å². The summed E-state index contributed by atoms with van der Waals surface area (Å²) in [6, 6.07) is 15.9. The summed E-state index contributed by atoms with van der Waals surface area (Å²) >= 11 is 9.40. The number of halogens is 2. The van der Waals surface area contributed by atoms with Gasteiger partial charge >= 0.3 is 6.03 Å². The van der Waals surface area contributed by atoms with Gasteiger partial charge in [-0.25, -0.2) is 4.79 Å². The molecule has 0 aliphatic carbocycles. The molecule has 190 valence electrons. The number of amides is 3. The number of nitrogens with one attached hydrogen (secondary N) is 1. The molecule has 1 fully saturated rings. The van der Waals surface area contributed by atoms with Gasteiger partial charge in [0.05, 0.1) is 18.1 Å². The fourth-order valence-corrected chi connectivity index (χ4v) is 4.17. The predicted molar refractivity (Wildman–Crippen MR) is 141 cm³/mol. The number of nitro groups is 1. The number of urea groups is 1. The van der Waals surface area contributed by atoms with Crippen LogP contribution in [0.5, 0.6) is 11.5 Å². The Morgan fingerprint density at radius 3 is 2.49 bits per heavy atom. The zero-order chi connectivity index (χ0) is 26.5. The van der Waals surface area contributed by atoms with Crippen molar-refractivity contribution in [1.29, 1.82) is 0 Å².